The van der Waals surface area contributed by atoms with Gasteiger partial charge in [0.05, 0.1) is 12.7 Å². The first-order valence-electron chi connectivity index (χ1n) is 6.04. The molecule has 22 heavy (non-hydrogen) atoms. The number of H-pyrrole nitrogens is 1. The maximum atomic E-state index is 11.8. The van der Waals surface area contributed by atoms with Crippen LogP contribution in [-0.4, -0.2) is 38.4 Å². The second kappa shape index (κ2) is 7.34. The Hall–Kier alpha value is -1.25. The maximum Gasteiger partial charge on any atom is 0.330 e. The largest absolute Gasteiger partial charge is 0.390 e. The van der Waals surface area contributed by atoms with Gasteiger partial charge >= 0.3 is 5.69 Å². The molecule has 5 N–H and O–H groups in total. The van der Waals surface area contributed by atoms with E-state index in [-0.39, 0.29) is 17.9 Å². The molecule has 0 aliphatic carbocycles. The second-order valence-electron chi connectivity index (χ2n) is 4.38. The van der Waals surface area contributed by atoms with Crippen LogP contribution in [0.1, 0.15) is 12.6 Å². The molecule has 0 saturated carbocycles. The summed E-state index contributed by atoms with van der Waals surface area (Å²) in [5, 5.41) is 20.3. The number of rotatable bonds is 5. The Kier molecular flexibility index (Phi) is 5.71. The quantitative estimate of drug-likeness (QED) is 0.295. The third kappa shape index (κ3) is 3.93. The van der Waals surface area contributed by atoms with Gasteiger partial charge in [0, 0.05) is 12.6 Å². The van der Waals surface area contributed by atoms with E-state index >= 15 is 0 Å². The number of nitriles is 1. The first-order valence-corrected chi connectivity index (χ1v) is 8.13. The molecule has 2 heterocycles. The number of thioether (sulfide) groups is 1. The summed E-state index contributed by atoms with van der Waals surface area (Å²) in [6, 6.07) is 0. The smallest absolute Gasteiger partial charge is 0.330 e. The normalized spacial score (nSPS) is 25.8. The number of nitrogens with zero attached hydrogens (tertiary/aromatic N) is 2. The molecule has 0 amide bonds. The number of thiocyanates is 1. The molecular weight excluding hydrogens is 335 g/mol. The molecule has 10 nitrogen and oxygen atoms in total. The Labute approximate surface area is 129 Å². The van der Waals surface area contributed by atoms with Crippen molar-refractivity contribution in [2.75, 3.05) is 6.61 Å². The van der Waals surface area contributed by atoms with Crippen LogP contribution in [0.5, 0.6) is 0 Å². The van der Waals surface area contributed by atoms with Crippen molar-refractivity contribution in [3.05, 3.63) is 27.0 Å². The van der Waals surface area contributed by atoms with Crippen molar-refractivity contribution in [1.29, 1.82) is 5.26 Å². The van der Waals surface area contributed by atoms with Crippen molar-refractivity contribution >= 4 is 20.3 Å². The average molecular weight is 348 g/mol. The van der Waals surface area contributed by atoms with Gasteiger partial charge in [-0.15, -0.1) is 0 Å². The fourth-order valence-electron chi connectivity index (χ4n) is 1.99. The summed E-state index contributed by atoms with van der Waals surface area (Å²) in [7, 11) is -2.07. The van der Waals surface area contributed by atoms with Crippen LogP contribution in [0.15, 0.2) is 20.7 Å². The molecule has 1 saturated heterocycles. The van der Waals surface area contributed by atoms with E-state index in [9.17, 15) is 14.7 Å². The Morgan fingerprint density at radius 3 is 3.05 bits per heavy atom. The van der Waals surface area contributed by atoms with E-state index in [4.69, 9.17) is 24.9 Å². The molecule has 0 spiro atoms. The first-order chi connectivity index (χ1) is 10.4. The van der Waals surface area contributed by atoms with E-state index in [0.717, 1.165) is 4.57 Å². The van der Waals surface area contributed by atoms with Gasteiger partial charge in [0.2, 0.25) is 8.53 Å². The third-order valence-electron chi connectivity index (χ3n) is 2.98. The van der Waals surface area contributed by atoms with Crippen LogP contribution in [0.4, 0.5) is 0 Å². The highest BCUT2D eigenvalue weighted by molar-refractivity contribution is 8.03. The molecule has 1 aliphatic rings. The summed E-state index contributed by atoms with van der Waals surface area (Å²) >= 11 is 0.612. The van der Waals surface area contributed by atoms with Crippen molar-refractivity contribution in [2.45, 2.75) is 29.8 Å². The third-order valence-corrected chi connectivity index (χ3v) is 3.99. The van der Waals surface area contributed by atoms with E-state index in [1.54, 1.807) is 5.40 Å². The standard InChI is InChI=1S/C10H13N4O6PS/c11-4-22-7-2-14(10(17)13-9(7)16)8-1-5(15)6(20-8)3-19-21(12)18/h2,5-6,8,15,18H,1,3,12H2,(H,13,16,17)/t5-,6+,8+,21?/m0/s1. The summed E-state index contributed by atoms with van der Waals surface area (Å²) in [6.07, 6.45) is -1.22. The van der Waals surface area contributed by atoms with E-state index in [0.29, 0.717) is 11.8 Å². The topological polar surface area (TPSA) is 164 Å². The number of ether oxygens (including phenoxy) is 1. The van der Waals surface area contributed by atoms with E-state index in [1.807, 2.05) is 0 Å². The van der Waals surface area contributed by atoms with E-state index in [1.165, 1.54) is 6.20 Å². The highest BCUT2D eigenvalue weighted by atomic mass is 32.2. The van der Waals surface area contributed by atoms with Crippen LogP contribution < -0.4 is 16.8 Å². The molecule has 1 aromatic rings. The van der Waals surface area contributed by atoms with Gasteiger partial charge in [0.1, 0.15) is 22.6 Å². The van der Waals surface area contributed by atoms with Gasteiger partial charge in [-0.25, -0.2) is 4.79 Å². The van der Waals surface area contributed by atoms with Crippen LogP contribution >= 0.6 is 20.3 Å². The molecular formula is C10H13N4O6PS. The zero-order valence-corrected chi connectivity index (χ0v) is 12.8. The summed E-state index contributed by atoms with van der Waals surface area (Å²) in [6.45, 7) is -0.131. The van der Waals surface area contributed by atoms with Gasteiger partial charge in [-0.2, -0.15) is 5.26 Å². The number of hydrogen-bond acceptors (Lipinski definition) is 9. The van der Waals surface area contributed by atoms with Crippen LogP contribution in [0.2, 0.25) is 0 Å². The van der Waals surface area contributed by atoms with Crippen LogP contribution in [0.25, 0.3) is 0 Å². The van der Waals surface area contributed by atoms with Crippen molar-refractivity contribution in [3.8, 4) is 5.40 Å². The predicted octanol–water partition coefficient (Wildman–Crippen LogP) is -1.05. The summed E-state index contributed by atoms with van der Waals surface area (Å²) < 4.78 is 11.4. The maximum absolute atomic E-state index is 11.8. The van der Waals surface area contributed by atoms with Crippen molar-refractivity contribution in [3.63, 3.8) is 0 Å². The zero-order chi connectivity index (χ0) is 16.3. The SMILES string of the molecule is N#CSc1cn([C@H]2C[C@H](O)[C@@H](COP(N)O)O2)c(=O)[nH]c1=O. The predicted molar refractivity (Wildman–Crippen MR) is 76.6 cm³/mol. The van der Waals surface area contributed by atoms with Crippen LogP contribution in [-0.2, 0) is 9.26 Å². The van der Waals surface area contributed by atoms with Gasteiger partial charge in [-0.05, 0) is 11.8 Å². The first kappa shape index (κ1) is 17.1. The molecule has 1 fully saturated rings. The van der Waals surface area contributed by atoms with Gasteiger partial charge in [-0.3, -0.25) is 19.8 Å². The number of nitrogens with one attached hydrogen (secondary N) is 1. The Morgan fingerprint density at radius 1 is 1.68 bits per heavy atom. The lowest BCUT2D eigenvalue weighted by Gasteiger charge is -2.16. The second-order valence-corrected chi connectivity index (χ2v) is 6.07. The average Bonchev–Trinajstić information content (AvgIpc) is 2.80. The van der Waals surface area contributed by atoms with Crippen molar-refractivity contribution in [1.82, 2.24) is 9.55 Å². The van der Waals surface area contributed by atoms with E-state index < -0.39 is 38.2 Å². The number of hydrogen-bond donors (Lipinski definition) is 4. The summed E-state index contributed by atoms with van der Waals surface area (Å²) in [4.78, 5) is 34.4. The fourth-order valence-corrected chi connectivity index (χ4v) is 2.70. The molecule has 0 bridgehead atoms. The molecule has 2 rings (SSSR count). The minimum Gasteiger partial charge on any atom is -0.390 e. The number of nitrogens with two attached hydrogens (primary N) is 1. The van der Waals surface area contributed by atoms with Crippen LogP contribution in [0, 0.1) is 10.7 Å². The number of aromatic amines is 1. The van der Waals surface area contributed by atoms with Crippen molar-refractivity contribution < 1.29 is 19.3 Å². The minimum atomic E-state index is -2.07. The molecule has 0 radical (unpaired) electrons. The molecule has 12 heteroatoms. The van der Waals surface area contributed by atoms with Gasteiger partial charge in [-0.1, -0.05) is 0 Å². The van der Waals surface area contributed by atoms with Gasteiger partial charge < -0.3 is 19.3 Å². The van der Waals surface area contributed by atoms with Gasteiger partial charge in [0.15, 0.2) is 0 Å². The molecule has 120 valence electrons. The lowest BCUT2D eigenvalue weighted by Crippen LogP contribution is -2.33. The Bertz CT molecular complexity index is 685. The van der Waals surface area contributed by atoms with E-state index in [2.05, 4.69) is 4.98 Å². The Morgan fingerprint density at radius 2 is 2.41 bits per heavy atom. The van der Waals surface area contributed by atoms with Crippen LogP contribution in [0.3, 0.4) is 0 Å². The lowest BCUT2D eigenvalue weighted by atomic mass is 10.2. The molecule has 1 unspecified atom stereocenters. The Balaban J connectivity index is 2.19. The number of aliphatic hydroxyl groups is 1. The zero-order valence-electron chi connectivity index (χ0n) is 11.1. The fraction of sp³-hybridized carbons (Fsp3) is 0.500. The molecule has 1 aromatic heterocycles. The number of aliphatic hydroxyl groups excluding tert-OH is 1. The highest BCUT2D eigenvalue weighted by Gasteiger charge is 2.36. The highest BCUT2D eigenvalue weighted by Crippen LogP contribution is 2.30. The van der Waals surface area contributed by atoms with Crippen molar-refractivity contribution in [2.24, 2.45) is 5.50 Å². The lowest BCUT2D eigenvalue weighted by molar-refractivity contribution is -0.0409. The summed E-state index contributed by atoms with van der Waals surface area (Å²) in [5.74, 6) is 0. The monoisotopic (exact) mass is 348 g/mol. The molecule has 4 atom stereocenters. The summed E-state index contributed by atoms with van der Waals surface area (Å²) in [5.41, 5.74) is 3.71. The number of aromatic nitrogens is 2. The minimum absolute atomic E-state index is 0.0423. The molecule has 1 aliphatic heterocycles. The van der Waals surface area contributed by atoms with Gasteiger partial charge in [0.25, 0.3) is 5.56 Å². The molecule has 0 aromatic carbocycles.